The average Bonchev–Trinajstić information content (AvgIpc) is 2.77. The van der Waals surface area contributed by atoms with Gasteiger partial charge in [0.2, 0.25) is 0 Å². The van der Waals surface area contributed by atoms with Gasteiger partial charge >= 0.3 is 6.03 Å². The van der Waals surface area contributed by atoms with Crippen LogP contribution in [0.3, 0.4) is 0 Å². The highest BCUT2D eigenvalue weighted by Gasteiger charge is 2.33. The normalized spacial score (nSPS) is 15.3. The number of carbonyl (C=O) groups excluding carboxylic acids is 1. The van der Waals surface area contributed by atoms with Gasteiger partial charge in [0, 0.05) is 17.3 Å². The number of anilines is 1. The molecule has 0 saturated heterocycles. The molecule has 154 valence electrons. The largest absolute Gasteiger partial charge is 0.493 e. The number of rotatable bonds is 4. The van der Waals surface area contributed by atoms with Gasteiger partial charge in [-0.3, -0.25) is 0 Å². The number of nitrogens with one attached hydrogen (secondary N) is 1. The van der Waals surface area contributed by atoms with E-state index in [1.54, 1.807) is 26.4 Å². The third kappa shape index (κ3) is 3.94. The molecule has 1 heterocycles. The summed E-state index contributed by atoms with van der Waals surface area (Å²) in [6.45, 7) is 0.578. The second-order valence-corrected chi connectivity index (χ2v) is 7.54. The van der Waals surface area contributed by atoms with Crippen molar-refractivity contribution in [1.82, 2.24) is 4.90 Å². The van der Waals surface area contributed by atoms with Gasteiger partial charge in [-0.05, 0) is 53.4 Å². The van der Waals surface area contributed by atoms with Crippen molar-refractivity contribution in [1.29, 1.82) is 0 Å². The highest BCUT2D eigenvalue weighted by molar-refractivity contribution is 6.30. The molecular formula is C24H23ClN2O3. The number of halogens is 1. The smallest absolute Gasteiger partial charge is 0.322 e. The summed E-state index contributed by atoms with van der Waals surface area (Å²) in [5.74, 6) is 1.34. The lowest BCUT2D eigenvalue weighted by Crippen LogP contribution is -2.43. The summed E-state index contributed by atoms with van der Waals surface area (Å²) in [4.78, 5) is 15.1. The first-order valence-corrected chi connectivity index (χ1v) is 10.1. The minimum Gasteiger partial charge on any atom is -0.493 e. The van der Waals surface area contributed by atoms with Crippen molar-refractivity contribution in [2.24, 2.45) is 0 Å². The van der Waals surface area contributed by atoms with Crippen LogP contribution in [0.2, 0.25) is 5.02 Å². The van der Waals surface area contributed by atoms with E-state index in [4.69, 9.17) is 21.1 Å². The molecule has 5 nitrogen and oxygen atoms in total. The molecule has 1 aliphatic heterocycles. The zero-order valence-corrected chi connectivity index (χ0v) is 17.6. The van der Waals surface area contributed by atoms with Crippen molar-refractivity contribution in [3.8, 4) is 11.5 Å². The maximum atomic E-state index is 13.3. The topological polar surface area (TPSA) is 50.8 Å². The lowest BCUT2D eigenvalue weighted by Gasteiger charge is -2.38. The van der Waals surface area contributed by atoms with Crippen LogP contribution in [0.5, 0.6) is 11.5 Å². The maximum absolute atomic E-state index is 13.3. The van der Waals surface area contributed by atoms with Gasteiger partial charge in [0.05, 0.1) is 20.3 Å². The van der Waals surface area contributed by atoms with Crippen LogP contribution in [0.15, 0.2) is 66.7 Å². The number of hydrogen-bond acceptors (Lipinski definition) is 3. The number of benzene rings is 3. The first-order chi connectivity index (χ1) is 14.6. The molecule has 3 aromatic rings. The summed E-state index contributed by atoms with van der Waals surface area (Å²) in [6, 6.07) is 20.7. The summed E-state index contributed by atoms with van der Waals surface area (Å²) in [5, 5.41) is 3.56. The maximum Gasteiger partial charge on any atom is 0.322 e. The van der Waals surface area contributed by atoms with Crippen molar-refractivity contribution in [2.45, 2.75) is 12.5 Å². The number of ether oxygens (including phenoxy) is 2. The first-order valence-electron chi connectivity index (χ1n) is 9.73. The molecular weight excluding hydrogens is 400 g/mol. The Morgan fingerprint density at radius 1 is 1.00 bits per heavy atom. The van der Waals surface area contributed by atoms with Crippen LogP contribution in [-0.4, -0.2) is 31.7 Å². The van der Waals surface area contributed by atoms with Crippen molar-refractivity contribution in [3.05, 3.63) is 88.4 Å². The number of methoxy groups -OCH3 is 2. The zero-order chi connectivity index (χ0) is 21.1. The Morgan fingerprint density at radius 3 is 2.43 bits per heavy atom. The van der Waals surface area contributed by atoms with Crippen LogP contribution in [0, 0.1) is 0 Å². The molecule has 1 atom stereocenters. The predicted molar refractivity (Wildman–Crippen MR) is 119 cm³/mol. The molecule has 0 aromatic heterocycles. The first kappa shape index (κ1) is 20.1. The molecule has 0 saturated carbocycles. The predicted octanol–water partition coefficient (Wildman–Crippen LogP) is 5.54. The second kappa shape index (κ2) is 8.67. The lowest BCUT2D eigenvalue weighted by atomic mass is 9.88. The summed E-state index contributed by atoms with van der Waals surface area (Å²) in [6.07, 6.45) is 0.724. The van der Waals surface area contributed by atoms with Crippen LogP contribution in [0.25, 0.3) is 0 Å². The van der Waals surface area contributed by atoms with Gasteiger partial charge in [-0.2, -0.15) is 0 Å². The van der Waals surface area contributed by atoms with Crippen LogP contribution >= 0.6 is 11.6 Å². The summed E-state index contributed by atoms with van der Waals surface area (Å²) in [5.41, 5.74) is 3.88. The Balaban J connectivity index is 1.75. The van der Waals surface area contributed by atoms with Crippen molar-refractivity contribution in [2.75, 3.05) is 26.1 Å². The lowest BCUT2D eigenvalue weighted by molar-refractivity contribution is 0.193. The van der Waals surface area contributed by atoms with E-state index in [1.165, 1.54) is 0 Å². The molecule has 4 rings (SSSR count). The number of hydrogen-bond donors (Lipinski definition) is 1. The fourth-order valence-corrected chi connectivity index (χ4v) is 4.11. The molecule has 0 spiro atoms. The van der Waals surface area contributed by atoms with Gasteiger partial charge < -0.3 is 19.7 Å². The van der Waals surface area contributed by atoms with E-state index < -0.39 is 0 Å². The minimum atomic E-state index is -0.242. The molecule has 6 heteroatoms. The average molecular weight is 423 g/mol. The Morgan fingerprint density at radius 2 is 1.73 bits per heavy atom. The number of carbonyl (C=O) groups is 1. The standard InChI is InChI=1S/C24H23ClN2O3/c1-29-21-13-17-11-12-27(24(28)26-19-10-6-9-18(25)14-19)23(16-7-4-3-5-8-16)20(17)15-22(21)30-2/h3-10,13-15,23H,11-12H2,1-2H3,(H,26,28). The van der Waals surface area contributed by atoms with Crippen LogP contribution < -0.4 is 14.8 Å². The van der Waals surface area contributed by atoms with E-state index in [0.29, 0.717) is 28.8 Å². The van der Waals surface area contributed by atoms with Crippen molar-refractivity contribution in [3.63, 3.8) is 0 Å². The number of amides is 2. The second-order valence-electron chi connectivity index (χ2n) is 7.10. The fourth-order valence-electron chi connectivity index (χ4n) is 3.92. The van der Waals surface area contributed by atoms with Crippen LogP contribution in [0.4, 0.5) is 10.5 Å². The molecule has 1 unspecified atom stereocenters. The van der Waals surface area contributed by atoms with E-state index in [-0.39, 0.29) is 12.1 Å². The Labute approximate surface area is 181 Å². The van der Waals surface area contributed by atoms with Crippen molar-refractivity contribution >= 4 is 23.3 Å². The van der Waals surface area contributed by atoms with Crippen LogP contribution in [0.1, 0.15) is 22.7 Å². The van der Waals surface area contributed by atoms with Gasteiger partial charge in [-0.15, -0.1) is 0 Å². The van der Waals surface area contributed by atoms with Gasteiger partial charge in [0.25, 0.3) is 0 Å². The molecule has 30 heavy (non-hydrogen) atoms. The molecule has 0 fully saturated rings. The Hall–Kier alpha value is -3.18. The molecule has 2 amide bonds. The molecule has 0 bridgehead atoms. The molecule has 1 aliphatic rings. The van der Waals surface area contributed by atoms with Gasteiger partial charge in [-0.25, -0.2) is 4.79 Å². The SMILES string of the molecule is COc1cc2c(cc1OC)C(c1ccccc1)N(C(=O)Nc1cccc(Cl)c1)CC2. The molecule has 0 radical (unpaired) electrons. The quantitative estimate of drug-likeness (QED) is 0.600. The van der Waals surface area contributed by atoms with E-state index in [2.05, 4.69) is 5.32 Å². The monoisotopic (exact) mass is 422 g/mol. The van der Waals surface area contributed by atoms with E-state index in [9.17, 15) is 4.79 Å². The molecule has 0 aliphatic carbocycles. The third-order valence-electron chi connectivity index (χ3n) is 5.33. The molecule has 3 aromatic carbocycles. The summed E-state index contributed by atoms with van der Waals surface area (Å²) >= 11 is 6.08. The van der Waals surface area contributed by atoms with Gasteiger partial charge in [0.15, 0.2) is 11.5 Å². The third-order valence-corrected chi connectivity index (χ3v) is 5.56. The van der Waals surface area contributed by atoms with Gasteiger partial charge in [-0.1, -0.05) is 48.0 Å². The Bertz CT molecular complexity index is 1060. The Kier molecular flexibility index (Phi) is 5.81. The number of urea groups is 1. The summed E-state index contributed by atoms with van der Waals surface area (Å²) < 4.78 is 11.0. The van der Waals surface area contributed by atoms with Crippen molar-refractivity contribution < 1.29 is 14.3 Å². The summed E-state index contributed by atoms with van der Waals surface area (Å²) in [7, 11) is 3.25. The van der Waals surface area contributed by atoms with Crippen LogP contribution in [-0.2, 0) is 6.42 Å². The number of nitrogens with zero attached hydrogens (tertiary/aromatic N) is 1. The molecule has 1 N–H and O–H groups in total. The highest BCUT2D eigenvalue weighted by atomic mass is 35.5. The highest BCUT2D eigenvalue weighted by Crippen LogP contribution is 2.41. The number of fused-ring (bicyclic) bond motifs is 1. The zero-order valence-electron chi connectivity index (χ0n) is 16.9. The fraction of sp³-hybridized carbons (Fsp3) is 0.208. The van der Waals surface area contributed by atoms with E-state index in [0.717, 1.165) is 23.1 Å². The van der Waals surface area contributed by atoms with Gasteiger partial charge in [0.1, 0.15) is 0 Å². The van der Waals surface area contributed by atoms with E-state index in [1.807, 2.05) is 59.5 Å². The van der Waals surface area contributed by atoms with E-state index >= 15 is 0 Å². The minimum absolute atomic E-state index is 0.174.